The summed E-state index contributed by atoms with van der Waals surface area (Å²) in [5.41, 5.74) is 1.54. The number of carbonyl (C=O) groups excluding carboxylic acids is 2. The Hall–Kier alpha value is -3.02. The van der Waals surface area contributed by atoms with Crippen molar-refractivity contribution in [2.24, 2.45) is 5.92 Å². The van der Waals surface area contributed by atoms with Gasteiger partial charge in [0.2, 0.25) is 0 Å². The minimum absolute atomic E-state index is 0.145. The lowest BCUT2D eigenvalue weighted by Gasteiger charge is -2.16. The molecular formula is C18H20N2O4. The molecule has 0 aliphatic rings. The van der Waals surface area contributed by atoms with Gasteiger partial charge in [-0.25, -0.2) is 4.79 Å². The summed E-state index contributed by atoms with van der Waals surface area (Å²) in [5.74, 6) is -0.752. The molecule has 0 bridgehead atoms. The molecule has 24 heavy (non-hydrogen) atoms. The lowest BCUT2D eigenvalue weighted by atomic mass is 9.99. The molecule has 0 spiro atoms. The fourth-order valence-electron chi connectivity index (χ4n) is 2.23. The number of hydrogen-bond donors (Lipinski definition) is 3. The molecule has 0 unspecified atom stereocenters. The number of methoxy groups -OCH3 is 1. The highest BCUT2D eigenvalue weighted by Crippen LogP contribution is 2.14. The molecule has 1 atom stereocenters. The minimum atomic E-state index is -0.513. The zero-order chi connectivity index (χ0) is 17.4. The summed E-state index contributed by atoms with van der Waals surface area (Å²) < 4.78 is 4.80. The lowest BCUT2D eigenvalue weighted by molar-refractivity contribution is -0.145. The Kier molecular flexibility index (Phi) is 6.19. The van der Waals surface area contributed by atoms with Crippen molar-refractivity contribution < 1.29 is 19.4 Å². The van der Waals surface area contributed by atoms with Gasteiger partial charge in [-0.1, -0.05) is 30.3 Å². The van der Waals surface area contributed by atoms with Crippen LogP contribution in [-0.2, 0) is 16.0 Å². The van der Waals surface area contributed by atoms with Crippen molar-refractivity contribution in [1.29, 1.82) is 0 Å². The maximum Gasteiger partial charge on any atom is 0.319 e. The van der Waals surface area contributed by atoms with Crippen LogP contribution in [0.3, 0.4) is 0 Å². The topological polar surface area (TPSA) is 87.7 Å². The van der Waals surface area contributed by atoms with Gasteiger partial charge in [0.05, 0.1) is 13.0 Å². The number of urea groups is 1. The SMILES string of the molecule is COC(=O)[C@@H](CNC(=O)Nc1ccccc1)Cc1ccc(O)cc1. The first kappa shape index (κ1) is 17.3. The monoisotopic (exact) mass is 328 g/mol. The standard InChI is InChI=1S/C18H20N2O4/c1-24-17(22)14(11-13-7-9-16(21)10-8-13)12-19-18(23)20-15-5-3-2-4-6-15/h2-10,14,21H,11-12H2,1H3,(H2,19,20,23)/t14-/m1/s1. The number of ether oxygens (including phenoxy) is 1. The number of esters is 1. The molecule has 126 valence electrons. The number of benzene rings is 2. The van der Waals surface area contributed by atoms with Gasteiger partial charge in [-0.3, -0.25) is 4.79 Å². The highest BCUT2D eigenvalue weighted by Gasteiger charge is 2.20. The lowest BCUT2D eigenvalue weighted by Crippen LogP contribution is -2.37. The molecule has 2 aromatic rings. The minimum Gasteiger partial charge on any atom is -0.508 e. The van der Waals surface area contributed by atoms with E-state index in [1.165, 1.54) is 7.11 Å². The Labute approximate surface area is 140 Å². The Morgan fingerprint density at radius 2 is 1.75 bits per heavy atom. The van der Waals surface area contributed by atoms with E-state index in [4.69, 9.17) is 4.74 Å². The zero-order valence-corrected chi connectivity index (χ0v) is 13.4. The van der Waals surface area contributed by atoms with Crippen LogP contribution < -0.4 is 10.6 Å². The molecular weight excluding hydrogens is 308 g/mol. The third-order valence-electron chi connectivity index (χ3n) is 3.49. The molecule has 0 saturated heterocycles. The second kappa shape index (κ2) is 8.57. The van der Waals surface area contributed by atoms with Crippen molar-refractivity contribution in [3.05, 3.63) is 60.2 Å². The molecule has 6 heteroatoms. The van der Waals surface area contributed by atoms with Crippen LogP contribution in [0.15, 0.2) is 54.6 Å². The first-order chi connectivity index (χ1) is 11.6. The van der Waals surface area contributed by atoms with Gasteiger partial charge in [-0.2, -0.15) is 0 Å². The Morgan fingerprint density at radius 3 is 2.38 bits per heavy atom. The van der Waals surface area contributed by atoms with E-state index in [1.807, 2.05) is 18.2 Å². The quantitative estimate of drug-likeness (QED) is 0.711. The molecule has 0 heterocycles. The van der Waals surface area contributed by atoms with Gasteiger partial charge in [0.25, 0.3) is 0 Å². The van der Waals surface area contributed by atoms with Crippen molar-refractivity contribution in [3.8, 4) is 5.75 Å². The molecule has 2 rings (SSSR count). The Bertz CT molecular complexity index is 671. The van der Waals surface area contributed by atoms with E-state index in [2.05, 4.69) is 10.6 Å². The van der Waals surface area contributed by atoms with Gasteiger partial charge in [-0.15, -0.1) is 0 Å². The highest BCUT2D eigenvalue weighted by atomic mass is 16.5. The van der Waals surface area contributed by atoms with Crippen LogP contribution in [-0.4, -0.2) is 30.8 Å². The number of hydrogen-bond acceptors (Lipinski definition) is 4. The van der Waals surface area contributed by atoms with Gasteiger partial charge in [0.1, 0.15) is 5.75 Å². The van der Waals surface area contributed by atoms with E-state index in [9.17, 15) is 14.7 Å². The molecule has 0 saturated carbocycles. The summed E-state index contributed by atoms with van der Waals surface area (Å²) in [7, 11) is 1.32. The third kappa shape index (κ3) is 5.31. The number of aromatic hydroxyl groups is 1. The van der Waals surface area contributed by atoms with E-state index in [1.54, 1.807) is 36.4 Å². The van der Waals surface area contributed by atoms with E-state index >= 15 is 0 Å². The van der Waals surface area contributed by atoms with Gasteiger partial charge >= 0.3 is 12.0 Å². The maximum absolute atomic E-state index is 11.9. The second-order valence-corrected chi connectivity index (χ2v) is 5.29. The number of carbonyl (C=O) groups is 2. The molecule has 6 nitrogen and oxygen atoms in total. The van der Waals surface area contributed by atoms with Crippen LogP contribution >= 0.6 is 0 Å². The fourth-order valence-corrected chi connectivity index (χ4v) is 2.23. The van der Waals surface area contributed by atoms with Crippen molar-refractivity contribution in [2.45, 2.75) is 6.42 Å². The van der Waals surface area contributed by atoms with Gasteiger partial charge in [0, 0.05) is 12.2 Å². The number of nitrogens with one attached hydrogen (secondary N) is 2. The van der Waals surface area contributed by atoms with E-state index in [0.717, 1.165) is 5.56 Å². The maximum atomic E-state index is 11.9. The third-order valence-corrected chi connectivity index (χ3v) is 3.49. The number of phenolic OH excluding ortho intramolecular Hbond substituents is 1. The summed E-state index contributed by atoms with van der Waals surface area (Å²) in [5, 5.41) is 14.7. The average Bonchev–Trinajstić information content (AvgIpc) is 2.60. The van der Waals surface area contributed by atoms with Crippen molar-refractivity contribution in [1.82, 2.24) is 5.32 Å². The predicted octanol–water partition coefficient (Wildman–Crippen LogP) is 2.55. The van der Waals surface area contributed by atoms with E-state index in [-0.39, 0.29) is 18.3 Å². The van der Waals surface area contributed by atoms with Crippen molar-refractivity contribution in [3.63, 3.8) is 0 Å². The molecule has 3 N–H and O–H groups in total. The normalized spacial score (nSPS) is 11.4. The number of phenols is 1. The average molecular weight is 328 g/mol. The van der Waals surface area contributed by atoms with Gasteiger partial charge < -0.3 is 20.5 Å². The largest absolute Gasteiger partial charge is 0.508 e. The summed E-state index contributed by atoms with van der Waals surface area (Å²) >= 11 is 0. The van der Waals surface area contributed by atoms with Crippen LogP contribution in [0.2, 0.25) is 0 Å². The second-order valence-electron chi connectivity index (χ2n) is 5.29. The molecule has 0 aliphatic heterocycles. The Morgan fingerprint density at radius 1 is 1.08 bits per heavy atom. The number of anilines is 1. The first-order valence-corrected chi connectivity index (χ1v) is 7.54. The highest BCUT2D eigenvalue weighted by molar-refractivity contribution is 5.89. The zero-order valence-electron chi connectivity index (χ0n) is 13.4. The molecule has 0 radical (unpaired) electrons. The first-order valence-electron chi connectivity index (χ1n) is 7.54. The molecule has 0 aromatic heterocycles. The number of rotatable bonds is 6. The molecule has 0 fully saturated rings. The molecule has 2 aromatic carbocycles. The summed E-state index contributed by atoms with van der Waals surface area (Å²) in [4.78, 5) is 23.8. The molecule has 0 aliphatic carbocycles. The van der Waals surface area contributed by atoms with Gasteiger partial charge in [0.15, 0.2) is 0 Å². The number of para-hydroxylation sites is 1. The summed E-state index contributed by atoms with van der Waals surface area (Å²) in [6.45, 7) is 0.145. The predicted molar refractivity (Wildman–Crippen MR) is 90.8 cm³/mol. The summed E-state index contributed by atoms with van der Waals surface area (Å²) in [6, 6.07) is 15.2. The van der Waals surface area contributed by atoms with Crippen molar-refractivity contribution in [2.75, 3.05) is 19.0 Å². The number of amides is 2. The van der Waals surface area contributed by atoms with Crippen LogP contribution in [0.1, 0.15) is 5.56 Å². The van der Waals surface area contributed by atoms with E-state index in [0.29, 0.717) is 12.1 Å². The van der Waals surface area contributed by atoms with Crippen LogP contribution in [0.25, 0.3) is 0 Å². The van der Waals surface area contributed by atoms with E-state index < -0.39 is 11.9 Å². The van der Waals surface area contributed by atoms with Crippen LogP contribution in [0.4, 0.5) is 10.5 Å². The van der Waals surface area contributed by atoms with Gasteiger partial charge in [-0.05, 0) is 36.2 Å². The summed E-state index contributed by atoms with van der Waals surface area (Å²) in [6.07, 6.45) is 0.401. The van der Waals surface area contributed by atoms with Crippen LogP contribution in [0, 0.1) is 5.92 Å². The van der Waals surface area contributed by atoms with Crippen molar-refractivity contribution >= 4 is 17.7 Å². The Balaban J connectivity index is 1.92. The van der Waals surface area contributed by atoms with Crippen LogP contribution in [0.5, 0.6) is 5.75 Å². The fraction of sp³-hybridized carbons (Fsp3) is 0.222. The smallest absolute Gasteiger partial charge is 0.319 e. The molecule has 2 amide bonds.